The van der Waals surface area contributed by atoms with Gasteiger partial charge in [-0.1, -0.05) is 84.9 Å². The topological polar surface area (TPSA) is 516 Å². The van der Waals surface area contributed by atoms with Crippen LogP contribution in [0.4, 0.5) is 0 Å². The maximum atomic E-state index is 14.8. The standard InChI is InChI=1S/C40H42N2O30S6.6Na/c43-37(41-35-33(71-77(59,60)61)31(69-75(53,54)55)29(21-65-73(47,48)49)67-39(35,45)19-23-7-3-1-4-8-23)27-15-11-25(12-16-27)26-13-17-28(18-14-26)38(44)42-36-34(72-78(62,63)64)32(70-76(56,57)58)30(22-66-74(50,51)52)68-40(36,46)20-24-9-5-2-6-10-24;;;;;;/h1-18,29-36H,19-22H2,(H,41,43)(H,42,44)(H,47,48,49)(H,50,51,52)(H,53,54,55)(H,56,57,58)(H,59,60,61)(H,62,63,64);;;;;;/q-2;6*+1/p-4/t29-,30-,31-,32-,33+,34+,35-,36-,39+,40+;;;;;;/m1....../s1. The van der Waals surface area contributed by atoms with Crippen LogP contribution in [0.2, 0.25) is 0 Å². The number of amides is 2. The van der Waals surface area contributed by atoms with Gasteiger partial charge in [0.25, 0.3) is 11.8 Å². The molecule has 2 amide bonds. The van der Waals surface area contributed by atoms with E-state index < -0.39 is 161 Å². The van der Waals surface area contributed by atoms with Gasteiger partial charge in [-0.2, -0.15) is 16.8 Å². The number of nitrogens with one attached hydrogen (secondary N) is 2. The minimum Gasteiger partial charge on any atom is -0.827 e. The van der Waals surface area contributed by atoms with Crippen LogP contribution in [-0.4, -0.2) is 163 Å². The van der Waals surface area contributed by atoms with Gasteiger partial charge in [-0.3, -0.25) is 35.4 Å². The smallest absolute Gasteiger partial charge is 0.827 e. The maximum absolute atomic E-state index is 14.8. The van der Waals surface area contributed by atoms with Gasteiger partial charge in [-0.05, 0) is 59.4 Å². The molecule has 0 unspecified atom stereocenters. The summed E-state index contributed by atoms with van der Waals surface area (Å²) in [5, 5.41) is 33.7. The number of carbonyl (C=O) groups is 2. The van der Waals surface area contributed by atoms with Crippen molar-refractivity contribution in [1.29, 1.82) is 0 Å². The molecule has 2 saturated heterocycles. The van der Waals surface area contributed by atoms with Gasteiger partial charge in [0.2, 0.25) is 41.6 Å². The van der Waals surface area contributed by atoms with E-state index in [1.54, 1.807) is 0 Å². The number of rotatable bonds is 23. The molecule has 84 heavy (non-hydrogen) atoms. The van der Waals surface area contributed by atoms with E-state index in [4.69, 9.17) is 9.47 Å². The largest absolute Gasteiger partial charge is 1.00 e. The fourth-order valence-electron chi connectivity index (χ4n) is 8.19. The van der Waals surface area contributed by atoms with Gasteiger partial charge in [0.15, 0.2) is 0 Å². The summed E-state index contributed by atoms with van der Waals surface area (Å²) in [6.07, 6.45) is -17.8. The first-order valence-corrected chi connectivity index (χ1v) is 29.4. The number of hydrogen-bond acceptors (Lipinski definition) is 28. The predicted octanol–water partition coefficient (Wildman–Crippen LogP) is -22.0. The molecule has 2 heterocycles. The van der Waals surface area contributed by atoms with Gasteiger partial charge >= 0.3 is 198 Å². The molecular weight excluding hydrogens is 1320 g/mol. The zero-order valence-corrected chi connectivity index (χ0v) is 61.5. The van der Waals surface area contributed by atoms with E-state index in [1.807, 2.05) is 0 Å². The molecule has 32 nitrogen and oxygen atoms in total. The molecule has 430 valence electrons. The Morgan fingerprint density at radius 2 is 0.750 bits per heavy atom. The van der Waals surface area contributed by atoms with Crippen molar-refractivity contribution in [3.05, 3.63) is 131 Å². The Labute approximate surface area is 614 Å². The van der Waals surface area contributed by atoms with E-state index in [0.29, 0.717) is 0 Å². The van der Waals surface area contributed by atoms with Crippen LogP contribution in [0.15, 0.2) is 109 Å². The fourth-order valence-corrected chi connectivity index (χ4v) is 10.8. The first kappa shape index (κ1) is 84.9. The summed E-state index contributed by atoms with van der Waals surface area (Å²) in [4.78, 5) is 27.8. The molecule has 0 spiro atoms. The molecule has 10 atom stereocenters. The van der Waals surface area contributed by atoms with Crippen molar-refractivity contribution in [3.63, 3.8) is 0 Å². The monoisotopic (exact) mass is 1360 g/mol. The summed E-state index contributed by atoms with van der Waals surface area (Å²) in [6.45, 7) is -3.16. The van der Waals surface area contributed by atoms with Crippen LogP contribution in [0, 0.1) is 0 Å². The summed E-state index contributed by atoms with van der Waals surface area (Å²) >= 11 is 0. The molecule has 4 N–H and O–H groups in total. The normalized spacial score (nSPS) is 24.5. The van der Waals surface area contributed by atoms with Crippen LogP contribution in [0.1, 0.15) is 31.8 Å². The van der Waals surface area contributed by atoms with E-state index in [0.717, 1.165) is 24.3 Å². The molecule has 0 bridgehead atoms. The molecule has 0 aliphatic carbocycles. The molecule has 0 saturated carbocycles. The second-order valence-corrected chi connectivity index (χ2v) is 22.8. The maximum Gasteiger partial charge on any atom is 1.00 e. The van der Waals surface area contributed by atoms with Crippen LogP contribution in [0.5, 0.6) is 0 Å². The SMILES string of the molecule is O=C(N[C@@H]1[C@@H](OS(=O)(=O)[O-])[C@H](OS(=O)(=O)[O-])[C@@H](COS(=O)(=O)[O-])O[C@@]1([O-])Cc1ccccc1)c1ccc(-c2ccc(C(=O)N[C@@H]3[C@@H](OS(=O)(=O)[O-])[C@H](OS(=O)(=O)O)[C@@H](COS(=O)(=O)O)O[C@@]3([O-])Cc3ccccc3)cc2)cc1.[Na+].[Na+].[Na+].[Na+].[Na+].[Na+]. The number of benzene rings is 4. The van der Waals surface area contributed by atoms with Gasteiger partial charge in [-0.15, -0.1) is 0 Å². The van der Waals surface area contributed by atoms with Crippen molar-refractivity contribution in [2.45, 2.75) is 73.1 Å². The van der Waals surface area contributed by atoms with Crippen molar-refractivity contribution < 1.29 is 310 Å². The molecule has 0 radical (unpaired) electrons. The van der Waals surface area contributed by atoms with E-state index >= 15 is 0 Å². The summed E-state index contributed by atoms with van der Waals surface area (Å²) in [6, 6.07) is 18.2. The van der Waals surface area contributed by atoms with E-state index in [9.17, 15) is 97.6 Å². The second kappa shape index (κ2) is 34.7. The molecule has 2 aliphatic rings. The van der Waals surface area contributed by atoms with E-state index in [2.05, 4.69) is 35.7 Å². The zero-order chi connectivity index (χ0) is 57.9. The number of ether oxygens (including phenoxy) is 2. The molecule has 2 aliphatic heterocycles. The van der Waals surface area contributed by atoms with Crippen LogP contribution < -0.4 is 198 Å². The summed E-state index contributed by atoms with van der Waals surface area (Å²) in [7, 11) is -35.0. The Morgan fingerprint density at radius 3 is 1.05 bits per heavy atom. The van der Waals surface area contributed by atoms with Crippen molar-refractivity contribution in [1.82, 2.24) is 10.6 Å². The third kappa shape index (κ3) is 26.5. The molecule has 44 heteroatoms. The van der Waals surface area contributed by atoms with Crippen LogP contribution in [0.3, 0.4) is 0 Å². The summed E-state index contributed by atoms with van der Waals surface area (Å²) < 4.78 is 245. The van der Waals surface area contributed by atoms with Gasteiger partial charge in [0, 0.05) is 22.7 Å². The third-order valence-corrected chi connectivity index (χ3v) is 13.8. The van der Waals surface area contributed by atoms with Gasteiger partial charge in [0.05, 0.1) is 25.3 Å². The van der Waals surface area contributed by atoms with Gasteiger partial charge in [0.1, 0.15) is 36.6 Å². The molecule has 4 aromatic rings. The predicted molar refractivity (Wildman–Crippen MR) is 243 cm³/mol. The van der Waals surface area contributed by atoms with Crippen molar-refractivity contribution in [2.75, 3.05) is 13.2 Å². The molecule has 6 rings (SSSR count). The Kier molecular flexibility index (Phi) is 35.1. The summed E-state index contributed by atoms with van der Waals surface area (Å²) in [5.74, 6) is -9.19. The third-order valence-electron chi connectivity index (χ3n) is 11.2. The minimum absolute atomic E-state index is 0. The Morgan fingerprint density at radius 1 is 0.440 bits per heavy atom. The first-order chi connectivity index (χ1) is 35.9. The Balaban J connectivity index is 0.0000115. The first-order valence-electron chi connectivity index (χ1n) is 21.3. The van der Waals surface area contributed by atoms with E-state index in [1.165, 1.54) is 84.9 Å². The van der Waals surface area contributed by atoms with Crippen LogP contribution in [0.25, 0.3) is 11.1 Å². The van der Waals surface area contributed by atoms with Crippen molar-refractivity contribution >= 4 is 74.2 Å². The average molecular weight is 1360 g/mol. The number of carbonyl (C=O) groups excluding carboxylic acids is 2. The van der Waals surface area contributed by atoms with Gasteiger partial charge in [-0.25, -0.2) is 42.0 Å². The summed E-state index contributed by atoms with van der Waals surface area (Å²) in [5.41, 5.74) is -0.157. The Bertz CT molecular complexity index is 3290. The quantitative estimate of drug-likeness (QED) is 0.0304. The molecule has 4 aromatic carbocycles. The number of hydrogen-bond donors (Lipinski definition) is 4. The molecular formula is C40H38N2Na6O30S6. The fraction of sp³-hybridized carbons (Fsp3) is 0.350. The second-order valence-electron chi connectivity index (χ2n) is 16.6. The molecule has 2 fully saturated rings. The minimum atomic E-state index is -6.07. The van der Waals surface area contributed by atoms with Crippen LogP contribution >= 0.6 is 0 Å². The van der Waals surface area contributed by atoms with Crippen molar-refractivity contribution in [2.24, 2.45) is 0 Å². The molecule has 0 aromatic heterocycles. The van der Waals surface area contributed by atoms with Crippen molar-refractivity contribution in [3.8, 4) is 11.1 Å². The van der Waals surface area contributed by atoms with Gasteiger partial charge < -0.3 is 48.5 Å². The average Bonchev–Trinajstić information content (AvgIpc) is 3.30. The van der Waals surface area contributed by atoms with Crippen LogP contribution in [-0.2, 0) is 110 Å². The van der Waals surface area contributed by atoms with E-state index in [-0.39, 0.29) is 211 Å². The Hall–Kier alpha value is 0.880. The zero-order valence-electron chi connectivity index (χ0n) is 44.6.